The number of ether oxygens (including phenoxy) is 3. The molecule has 0 bridgehead atoms. The Kier molecular flexibility index (Phi) is 8.97. The van der Waals surface area contributed by atoms with Gasteiger partial charge < -0.3 is 19.5 Å². The van der Waals surface area contributed by atoms with Crippen LogP contribution in [-0.2, 0) is 25.6 Å². The van der Waals surface area contributed by atoms with Gasteiger partial charge in [0.15, 0.2) is 0 Å². The standard InChI is InChI=1S/C29H36N2O6/c1-7-35-26(32)25(30-27(33)36-18-20-11-9-8-10-12-20)24(19(2)3)22-14-13-21-15-16-31(23(21)17-22)28(34)37-29(4,5)6/h8-17,19,24-25H,7,18H2,1-6H3,(H,30,33)/t24-,25-/m0/s1. The molecule has 1 amide bonds. The Morgan fingerprint density at radius 1 is 0.973 bits per heavy atom. The highest BCUT2D eigenvalue weighted by Gasteiger charge is 2.35. The molecule has 0 aliphatic heterocycles. The average molecular weight is 509 g/mol. The highest BCUT2D eigenvalue weighted by atomic mass is 16.6. The molecular weight excluding hydrogens is 472 g/mol. The Bertz CT molecular complexity index is 1230. The van der Waals surface area contributed by atoms with E-state index in [1.807, 2.05) is 89.2 Å². The van der Waals surface area contributed by atoms with Crippen molar-refractivity contribution in [2.75, 3.05) is 6.61 Å². The predicted octanol–water partition coefficient (Wildman–Crippen LogP) is 6.02. The van der Waals surface area contributed by atoms with Crippen molar-refractivity contribution in [2.24, 2.45) is 5.92 Å². The highest BCUT2D eigenvalue weighted by Crippen LogP contribution is 2.32. The Morgan fingerprint density at radius 3 is 2.30 bits per heavy atom. The molecule has 3 aromatic rings. The number of esters is 1. The number of benzene rings is 2. The molecule has 8 heteroatoms. The van der Waals surface area contributed by atoms with Gasteiger partial charge >= 0.3 is 18.2 Å². The van der Waals surface area contributed by atoms with Gasteiger partial charge in [-0.25, -0.2) is 14.4 Å². The Balaban J connectivity index is 1.92. The molecular formula is C29H36N2O6. The largest absolute Gasteiger partial charge is 0.464 e. The molecule has 0 radical (unpaired) electrons. The monoisotopic (exact) mass is 508 g/mol. The van der Waals surface area contributed by atoms with Gasteiger partial charge in [-0.15, -0.1) is 0 Å². The first-order valence-corrected chi connectivity index (χ1v) is 12.5. The van der Waals surface area contributed by atoms with Crippen molar-refractivity contribution in [3.8, 4) is 0 Å². The zero-order chi connectivity index (χ0) is 27.2. The maximum atomic E-state index is 13.0. The summed E-state index contributed by atoms with van der Waals surface area (Å²) in [5.41, 5.74) is 1.60. The van der Waals surface area contributed by atoms with Crippen LogP contribution in [0.5, 0.6) is 0 Å². The molecule has 1 aromatic heterocycles. The number of amides is 1. The Labute approximate surface area is 217 Å². The van der Waals surface area contributed by atoms with E-state index < -0.39 is 35.7 Å². The van der Waals surface area contributed by atoms with Crippen molar-refractivity contribution >= 4 is 29.1 Å². The van der Waals surface area contributed by atoms with E-state index in [4.69, 9.17) is 14.2 Å². The van der Waals surface area contributed by atoms with Crippen molar-refractivity contribution in [1.82, 2.24) is 9.88 Å². The van der Waals surface area contributed by atoms with Gasteiger partial charge in [0.05, 0.1) is 12.1 Å². The number of alkyl carbamates (subject to hydrolysis) is 1. The molecule has 0 fully saturated rings. The second kappa shape index (κ2) is 12.0. The number of aromatic nitrogens is 1. The molecule has 3 rings (SSSR count). The molecule has 0 spiro atoms. The number of hydrogen-bond acceptors (Lipinski definition) is 6. The van der Waals surface area contributed by atoms with Crippen molar-refractivity contribution in [2.45, 2.75) is 65.7 Å². The minimum absolute atomic E-state index is 0.0637. The van der Waals surface area contributed by atoms with Gasteiger partial charge in [0.2, 0.25) is 0 Å². The number of carbonyl (C=O) groups excluding carboxylic acids is 3. The Morgan fingerprint density at radius 2 is 1.68 bits per heavy atom. The summed E-state index contributed by atoms with van der Waals surface area (Å²) >= 11 is 0. The summed E-state index contributed by atoms with van der Waals surface area (Å²) in [4.78, 5) is 38.6. The molecule has 0 saturated carbocycles. The van der Waals surface area contributed by atoms with Gasteiger partial charge in [-0.05, 0) is 56.9 Å². The third-order valence-electron chi connectivity index (χ3n) is 5.80. The van der Waals surface area contributed by atoms with E-state index >= 15 is 0 Å². The zero-order valence-electron chi connectivity index (χ0n) is 22.3. The van der Waals surface area contributed by atoms with Crippen LogP contribution >= 0.6 is 0 Å². The number of hydrogen-bond donors (Lipinski definition) is 1. The van der Waals surface area contributed by atoms with Gasteiger partial charge in [0.25, 0.3) is 0 Å². The molecule has 198 valence electrons. The summed E-state index contributed by atoms with van der Waals surface area (Å²) in [5.74, 6) is -1.07. The lowest BCUT2D eigenvalue weighted by Crippen LogP contribution is -2.47. The third kappa shape index (κ3) is 7.35. The van der Waals surface area contributed by atoms with Crippen LogP contribution in [-0.4, -0.2) is 41.0 Å². The van der Waals surface area contributed by atoms with Crippen LogP contribution in [0.2, 0.25) is 0 Å². The van der Waals surface area contributed by atoms with E-state index in [2.05, 4.69) is 5.32 Å². The fourth-order valence-corrected chi connectivity index (χ4v) is 4.20. The first-order valence-electron chi connectivity index (χ1n) is 12.5. The maximum absolute atomic E-state index is 13.0. The predicted molar refractivity (Wildman–Crippen MR) is 141 cm³/mol. The zero-order valence-corrected chi connectivity index (χ0v) is 22.3. The fourth-order valence-electron chi connectivity index (χ4n) is 4.20. The SMILES string of the molecule is CCOC(=O)[C@@H](NC(=O)OCc1ccccc1)[C@H](c1ccc2ccn(C(=O)OC(C)(C)C)c2c1)C(C)C. The number of nitrogens with one attached hydrogen (secondary N) is 1. The smallest absolute Gasteiger partial charge is 0.418 e. The minimum Gasteiger partial charge on any atom is -0.464 e. The minimum atomic E-state index is -0.995. The van der Waals surface area contributed by atoms with E-state index in [9.17, 15) is 14.4 Å². The number of fused-ring (bicyclic) bond motifs is 1. The van der Waals surface area contributed by atoms with E-state index in [0.29, 0.717) is 5.52 Å². The average Bonchev–Trinajstić information content (AvgIpc) is 3.25. The van der Waals surface area contributed by atoms with E-state index in [0.717, 1.165) is 16.5 Å². The normalized spacial score (nSPS) is 13.2. The molecule has 2 aromatic carbocycles. The fraction of sp³-hybridized carbons (Fsp3) is 0.414. The molecule has 37 heavy (non-hydrogen) atoms. The molecule has 0 saturated heterocycles. The quantitative estimate of drug-likeness (QED) is 0.295. The molecule has 8 nitrogen and oxygen atoms in total. The summed E-state index contributed by atoms with van der Waals surface area (Å²) in [6.07, 6.45) is 0.450. The lowest BCUT2D eigenvalue weighted by atomic mass is 9.82. The maximum Gasteiger partial charge on any atom is 0.418 e. The summed E-state index contributed by atoms with van der Waals surface area (Å²) < 4.78 is 17.7. The summed E-state index contributed by atoms with van der Waals surface area (Å²) in [7, 11) is 0. The van der Waals surface area contributed by atoms with Crippen LogP contribution in [0, 0.1) is 5.92 Å². The number of rotatable bonds is 8. The second-order valence-corrected chi connectivity index (χ2v) is 10.2. The van der Waals surface area contributed by atoms with E-state index in [1.54, 1.807) is 13.1 Å². The van der Waals surface area contributed by atoms with Gasteiger partial charge in [-0.3, -0.25) is 4.57 Å². The van der Waals surface area contributed by atoms with Crippen LogP contribution in [0.3, 0.4) is 0 Å². The molecule has 0 unspecified atom stereocenters. The van der Waals surface area contributed by atoms with Crippen molar-refractivity contribution < 1.29 is 28.6 Å². The van der Waals surface area contributed by atoms with E-state index in [-0.39, 0.29) is 19.1 Å². The first-order chi connectivity index (χ1) is 17.5. The lowest BCUT2D eigenvalue weighted by molar-refractivity contribution is -0.146. The number of carbonyl (C=O) groups is 3. The first kappa shape index (κ1) is 27.8. The van der Waals surface area contributed by atoms with Crippen molar-refractivity contribution in [3.63, 3.8) is 0 Å². The van der Waals surface area contributed by atoms with Gasteiger partial charge in [0, 0.05) is 17.5 Å². The van der Waals surface area contributed by atoms with E-state index in [1.165, 1.54) is 4.57 Å². The van der Waals surface area contributed by atoms with Gasteiger partial charge in [0.1, 0.15) is 18.2 Å². The van der Waals surface area contributed by atoms with Crippen LogP contribution in [0.1, 0.15) is 58.6 Å². The van der Waals surface area contributed by atoms with Crippen LogP contribution in [0.25, 0.3) is 10.9 Å². The topological polar surface area (TPSA) is 95.9 Å². The van der Waals surface area contributed by atoms with Crippen LogP contribution in [0.15, 0.2) is 60.8 Å². The van der Waals surface area contributed by atoms with Crippen molar-refractivity contribution in [1.29, 1.82) is 0 Å². The second-order valence-electron chi connectivity index (χ2n) is 10.2. The molecule has 1 heterocycles. The molecule has 0 aliphatic carbocycles. The number of nitrogens with zero attached hydrogens (tertiary/aromatic N) is 1. The summed E-state index contributed by atoms with van der Waals surface area (Å²) in [6, 6.07) is 15.8. The van der Waals surface area contributed by atoms with Gasteiger partial charge in [-0.2, -0.15) is 0 Å². The van der Waals surface area contributed by atoms with Crippen LogP contribution < -0.4 is 5.32 Å². The molecule has 0 aliphatic rings. The molecule has 1 N–H and O–H groups in total. The Hall–Kier alpha value is -3.81. The third-order valence-corrected chi connectivity index (χ3v) is 5.80. The summed E-state index contributed by atoms with van der Waals surface area (Å²) in [5, 5.41) is 3.58. The van der Waals surface area contributed by atoms with Gasteiger partial charge in [-0.1, -0.05) is 56.3 Å². The van der Waals surface area contributed by atoms with Crippen LogP contribution in [0.4, 0.5) is 9.59 Å². The van der Waals surface area contributed by atoms with Crippen molar-refractivity contribution in [3.05, 3.63) is 71.9 Å². The molecule has 2 atom stereocenters. The summed E-state index contributed by atoms with van der Waals surface area (Å²) in [6.45, 7) is 11.3. The lowest BCUT2D eigenvalue weighted by Gasteiger charge is -2.29. The highest BCUT2D eigenvalue weighted by molar-refractivity contribution is 5.90.